The van der Waals surface area contributed by atoms with Gasteiger partial charge in [-0.25, -0.2) is 4.21 Å². The highest BCUT2D eigenvalue weighted by Crippen LogP contribution is 2.16. The lowest BCUT2D eigenvalue weighted by atomic mass is 10.2. The van der Waals surface area contributed by atoms with Crippen LogP contribution in [0.3, 0.4) is 0 Å². The molecule has 6 heteroatoms. The van der Waals surface area contributed by atoms with Crippen LogP contribution in [0.5, 0.6) is 0 Å². The molecule has 0 rings (SSSR count). The molecule has 1 unspecified atom stereocenters. The molecular weight excluding hydrogens is 184 g/mol. The summed E-state index contributed by atoms with van der Waals surface area (Å²) in [6.45, 7) is 1.20. The molecule has 0 spiro atoms. The van der Waals surface area contributed by atoms with Gasteiger partial charge in [0.25, 0.3) is 0 Å². The van der Waals surface area contributed by atoms with Gasteiger partial charge in [0.15, 0.2) is 16.0 Å². The van der Waals surface area contributed by atoms with Crippen molar-refractivity contribution in [3.05, 3.63) is 0 Å². The Kier molecular flexibility index (Phi) is 4.36. The van der Waals surface area contributed by atoms with Gasteiger partial charge in [0.05, 0.1) is 0 Å². The summed E-state index contributed by atoms with van der Waals surface area (Å²) >= 11 is -2.33. The molecule has 12 heavy (non-hydrogen) atoms. The summed E-state index contributed by atoms with van der Waals surface area (Å²) in [4.78, 5) is 8.34. The van der Waals surface area contributed by atoms with E-state index in [-0.39, 0.29) is 19.3 Å². The Labute approximate surface area is 72.7 Å². The van der Waals surface area contributed by atoms with Crippen LogP contribution in [0.2, 0.25) is 0 Å². The van der Waals surface area contributed by atoms with E-state index in [1.165, 1.54) is 6.92 Å². The number of carboxylic acids is 1. The van der Waals surface area contributed by atoms with Crippen molar-refractivity contribution in [2.75, 3.05) is 0 Å². The monoisotopic (exact) mass is 196 g/mol. The molecule has 0 aromatic heterocycles. The molecule has 0 radical (unpaired) electrons. The van der Waals surface area contributed by atoms with Crippen LogP contribution in [0.4, 0.5) is 0 Å². The average molecular weight is 196 g/mol. The molecule has 5 nitrogen and oxygen atoms in total. The Hall–Kier alpha value is -0.460. The fourth-order valence-corrected chi connectivity index (χ4v) is 0.974. The second-order valence-corrected chi connectivity index (χ2v) is 4.05. The summed E-state index contributed by atoms with van der Waals surface area (Å²) < 4.78 is 18.9. The van der Waals surface area contributed by atoms with Crippen LogP contribution >= 0.6 is 0 Å². The molecule has 0 fully saturated rings. The summed E-state index contributed by atoms with van der Waals surface area (Å²) in [5, 5.41) is 17.4. The molecule has 0 bridgehead atoms. The van der Waals surface area contributed by atoms with Crippen molar-refractivity contribution in [2.45, 2.75) is 31.1 Å². The third-order valence-electron chi connectivity index (χ3n) is 1.41. The zero-order chi connectivity index (χ0) is 9.78. The van der Waals surface area contributed by atoms with E-state index in [0.29, 0.717) is 0 Å². The molecule has 0 aliphatic heterocycles. The topological polar surface area (TPSA) is 94.8 Å². The first-order chi connectivity index (χ1) is 5.36. The minimum Gasteiger partial charge on any atom is -0.481 e. The van der Waals surface area contributed by atoms with Gasteiger partial charge in [-0.2, -0.15) is 0 Å². The van der Waals surface area contributed by atoms with Crippen LogP contribution in [-0.2, 0) is 15.9 Å². The van der Waals surface area contributed by atoms with Gasteiger partial charge in [-0.3, -0.25) is 4.79 Å². The van der Waals surface area contributed by atoms with E-state index in [9.17, 15) is 9.00 Å². The maximum absolute atomic E-state index is 10.4. The predicted octanol–water partition coefficient (Wildman–Crippen LogP) is 0.172. The van der Waals surface area contributed by atoms with Crippen molar-refractivity contribution in [2.24, 2.45) is 0 Å². The largest absolute Gasteiger partial charge is 0.481 e. The number of carbonyl (C=O) groups is 1. The minimum atomic E-state index is -2.33. The van der Waals surface area contributed by atoms with Gasteiger partial charge in [0.2, 0.25) is 0 Å². The molecule has 72 valence electrons. The van der Waals surface area contributed by atoms with Crippen molar-refractivity contribution in [3.63, 3.8) is 0 Å². The number of aliphatic carboxylic acids is 1. The van der Waals surface area contributed by atoms with E-state index in [4.69, 9.17) is 14.8 Å². The molecule has 0 heterocycles. The Morgan fingerprint density at radius 1 is 1.58 bits per heavy atom. The number of rotatable bonds is 5. The van der Waals surface area contributed by atoms with Gasteiger partial charge in [-0.05, 0) is 19.8 Å². The quantitative estimate of drug-likeness (QED) is 0.545. The van der Waals surface area contributed by atoms with Crippen molar-refractivity contribution in [1.29, 1.82) is 0 Å². The van der Waals surface area contributed by atoms with E-state index >= 15 is 0 Å². The minimum absolute atomic E-state index is 0.00239. The van der Waals surface area contributed by atoms with Crippen LogP contribution in [0.25, 0.3) is 0 Å². The van der Waals surface area contributed by atoms with Crippen LogP contribution in [0.1, 0.15) is 26.2 Å². The van der Waals surface area contributed by atoms with Gasteiger partial charge in [-0.15, -0.1) is 0 Å². The third-order valence-corrected chi connectivity index (χ3v) is 2.36. The van der Waals surface area contributed by atoms with E-state index in [1.54, 1.807) is 0 Å². The van der Waals surface area contributed by atoms with Gasteiger partial charge in [0.1, 0.15) is 0 Å². The van der Waals surface area contributed by atoms with Gasteiger partial charge in [0, 0.05) is 6.42 Å². The second kappa shape index (κ2) is 4.54. The predicted molar refractivity (Wildman–Crippen MR) is 42.9 cm³/mol. The normalized spacial score (nSPS) is 18.2. The zero-order valence-corrected chi connectivity index (χ0v) is 7.50. The lowest BCUT2D eigenvalue weighted by molar-refractivity contribution is -0.137. The summed E-state index contributed by atoms with van der Waals surface area (Å²) in [5.74, 6) is -0.977. The molecule has 0 saturated carbocycles. The zero-order valence-electron chi connectivity index (χ0n) is 6.69. The summed E-state index contributed by atoms with van der Waals surface area (Å²) in [6, 6.07) is 0. The average Bonchev–Trinajstić information content (AvgIpc) is 1.85. The first kappa shape index (κ1) is 11.5. The number of aliphatic hydroxyl groups is 1. The Morgan fingerprint density at radius 3 is 2.42 bits per heavy atom. The maximum Gasteiger partial charge on any atom is 0.303 e. The van der Waals surface area contributed by atoms with Gasteiger partial charge < -0.3 is 14.8 Å². The van der Waals surface area contributed by atoms with Crippen molar-refractivity contribution in [3.8, 4) is 0 Å². The van der Waals surface area contributed by atoms with Crippen LogP contribution in [0, 0.1) is 0 Å². The molecule has 0 aliphatic carbocycles. The molecule has 0 aliphatic rings. The maximum atomic E-state index is 10.4. The SMILES string of the molecule is CC(O)(CCCC(=O)O)[S@](=O)O. The molecule has 0 amide bonds. The lowest BCUT2D eigenvalue weighted by Crippen LogP contribution is -2.29. The highest BCUT2D eigenvalue weighted by Gasteiger charge is 2.26. The van der Waals surface area contributed by atoms with E-state index in [0.717, 1.165) is 0 Å². The molecule has 0 aromatic carbocycles. The smallest absolute Gasteiger partial charge is 0.303 e. The van der Waals surface area contributed by atoms with Gasteiger partial charge in [-0.1, -0.05) is 0 Å². The summed E-state index contributed by atoms with van der Waals surface area (Å²) in [5.41, 5.74) is 0. The van der Waals surface area contributed by atoms with E-state index in [1.807, 2.05) is 0 Å². The second-order valence-electron chi connectivity index (χ2n) is 2.67. The first-order valence-electron chi connectivity index (χ1n) is 3.41. The summed E-state index contributed by atoms with van der Waals surface area (Å²) in [6.07, 6.45) is 0.0877. The van der Waals surface area contributed by atoms with Crippen LogP contribution in [-0.4, -0.2) is 29.9 Å². The summed E-state index contributed by atoms with van der Waals surface area (Å²) in [7, 11) is 0. The van der Waals surface area contributed by atoms with Gasteiger partial charge >= 0.3 is 5.97 Å². The van der Waals surface area contributed by atoms with Crippen molar-refractivity contribution >= 4 is 17.0 Å². The Morgan fingerprint density at radius 2 is 2.08 bits per heavy atom. The fourth-order valence-electron chi connectivity index (χ4n) is 0.655. The number of hydrogen-bond donors (Lipinski definition) is 3. The Bertz CT molecular complexity index is 188. The third kappa shape index (κ3) is 4.42. The highest BCUT2D eigenvalue weighted by atomic mass is 32.2. The van der Waals surface area contributed by atoms with E-state index in [2.05, 4.69) is 0 Å². The molecular formula is C6H12O5S. The van der Waals surface area contributed by atoms with Crippen molar-refractivity contribution < 1.29 is 23.8 Å². The van der Waals surface area contributed by atoms with E-state index < -0.39 is 22.0 Å². The van der Waals surface area contributed by atoms with Crippen LogP contribution < -0.4 is 0 Å². The Balaban J connectivity index is 3.76. The van der Waals surface area contributed by atoms with Crippen molar-refractivity contribution in [1.82, 2.24) is 0 Å². The standard InChI is InChI=1S/C6H12O5S/c1-6(9,12(10)11)4-2-3-5(7)8/h9H,2-4H2,1H3,(H,7,8)(H,10,11). The first-order valence-corrected chi connectivity index (χ1v) is 4.52. The fraction of sp³-hybridized carbons (Fsp3) is 0.833. The molecule has 0 saturated heterocycles. The lowest BCUT2D eigenvalue weighted by Gasteiger charge is -2.17. The molecule has 0 aromatic rings. The molecule has 3 N–H and O–H groups in total. The highest BCUT2D eigenvalue weighted by molar-refractivity contribution is 7.80. The van der Waals surface area contributed by atoms with Crippen LogP contribution in [0.15, 0.2) is 0 Å². The molecule has 2 atom stereocenters. The number of carboxylic acid groups (broad SMARTS) is 1. The number of hydrogen-bond acceptors (Lipinski definition) is 3.